The molecule has 1 aliphatic rings. The molecule has 3 aromatic rings. The largest absolute Gasteiger partial charge is 0.485 e. The van der Waals surface area contributed by atoms with Crippen LogP contribution in [0.25, 0.3) is 0 Å². The Morgan fingerprint density at radius 1 is 1.24 bits per heavy atom. The van der Waals surface area contributed by atoms with Crippen molar-refractivity contribution in [3.63, 3.8) is 0 Å². The molecule has 1 aliphatic carbocycles. The van der Waals surface area contributed by atoms with Crippen LogP contribution in [-0.4, -0.2) is 36.6 Å². The number of ether oxygens (including phenoxy) is 1. The molecule has 8 nitrogen and oxygen atoms in total. The minimum atomic E-state index is -0.133. The molecular formula is C22H27ClN6O2S2. The minimum absolute atomic E-state index is 0.133. The van der Waals surface area contributed by atoms with Gasteiger partial charge in [-0.15, -0.1) is 20.4 Å². The summed E-state index contributed by atoms with van der Waals surface area (Å²) in [6, 6.07) is 5.50. The zero-order valence-electron chi connectivity index (χ0n) is 18.7. The molecule has 11 heteroatoms. The van der Waals surface area contributed by atoms with Crippen LogP contribution in [-0.2, 0) is 17.9 Å². The van der Waals surface area contributed by atoms with Gasteiger partial charge in [0.25, 0.3) is 0 Å². The number of hydrogen-bond acceptors (Lipinski definition) is 8. The first-order chi connectivity index (χ1) is 16.0. The lowest BCUT2D eigenvalue weighted by atomic mass is 9.90. The average molecular weight is 507 g/mol. The van der Waals surface area contributed by atoms with Gasteiger partial charge < -0.3 is 9.30 Å². The van der Waals surface area contributed by atoms with Gasteiger partial charge in [-0.25, -0.2) is 0 Å². The van der Waals surface area contributed by atoms with Gasteiger partial charge in [0.05, 0.1) is 5.75 Å². The first kappa shape index (κ1) is 24.0. The highest BCUT2D eigenvalue weighted by molar-refractivity contribution is 7.99. The second-order valence-electron chi connectivity index (χ2n) is 7.96. The molecule has 1 N–H and O–H groups in total. The number of aryl methyl sites for hydroxylation is 1. The van der Waals surface area contributed by atoms with Crippen molar-refractivity contribution in [2.24, 2.45) is 0 Å². The highest BCUT2D eigenvalue weighted by Crippen LogP contribution is 2.35. The number of carbonyl (C=O) groups is 1. The Morgan fingerprint density at radius 3 is 2.82 bits per heavy atom. The third-order valence-corrected chi connectivity index (χ3v) is 7.78. The van der Waals surface area contributed by atoms with E-state index in [1.807, 2.05) is 30.5 Å². The van der Waals surface area contributed by atoms with Crippen molar-refractivity contribution >= 4 is 45.7 Å². The van der Waals surface area contributed by atoms with Gasteiger partial charge in [0.1, 0.15) is 17.4 Å². The molecule has 0 unspecified atom stereocenters. The summed E-state index contributed by atoms with van der Waals surface area (Å²) < 4.78 is 7.86. The maximum absolute atomic E-state index is 12.5. The summed E-state index contributed by atoms with van der Waals surface area (Å²) in [7, 11) is 0. The van der Waals surface area contributed by atoms with E-state index in [1.165, 1.54) is 42.4 Å². The molecule has 2 aromatic heterocycles. The summed E-state index contributed by atoms with van der Waals surface area (Å²) in [5.41, 5.74) is 0.958. The SMILES string of the molecule is CCn1c(COc2ccc(Cl)cc2C)nnc1SCC(=O)Nc1nnc(C2CCCCC2)s1. The number of thioether (sulfide) groups is 1. The van der Waals surface area contributed by atoms with Crippen LogP contribution in [0.2, 0.25) is 5.02 Å². The summed E-state index contributed by atoms with van der Waals surface area (Å²) in [6.07, 6.45) is 6.11. The molecule has 1 amide bonds. The van der Waals surface area contributed by atoms with Gasteiger partial charge in [0.2, 0.25) is 11.0 Å². The molecule has 33 heavy (non-hydrogen) atoms. The van der Waals surface area contributed by atoms with Crippen molar-refractivity contribution in [1.29, 1.82) is 0 Å². The molecule has 2 heterocycles. The Morgan fingerprint density at radius 2 is 2.06 bits per heavy atom. The molecule has 4 rings (SSSR count). The number of halogens is 1. The zero-order valence-corrected chi connectivity index (χ0v) is 21.1. The number of nitrogens with zero attached hydrogens (tertiary/aromatic N) is 5. The number of hydrogen-bond donors (Lipinski definition) is 1. The van der Waals surface area contributed by atoms with E-state index < -0.39 is 0 Å². The van der Waals surface area contributed by atoms with Crippen molar-refractivity contribution < 1.29 is 9.53 Å². The molecule has 0 radical (unpaired) electrons. The van der Waals surface area contributed by atoms with Crippen molar-refractivity contribution in [1.82, 2.24) is 25.0 Å². The van der Waals surface area contributed by atoms with Crippen LogP contribution in [0.15, 0.2) is 23.4 Å². The second kappa shape index (κ2) is 11.3. The van der Waals surface area contributed by atoms with Crippen LogP contribution in [0.4, 0.5) is 5.13 Å². The van der Waals surface area contributed by atoms with E-state index in [-0.39, 0.29) is 18.3 Å². The fourth-order valence-corrected chi connectivity index (χ4v) is 5.83. The Kier molecular flexibility index (Phi) is 8.21. The van der Waals surface area contributed by atoms with Crippen molar-refractivity contribution in [2.75, 3.05) is 11.1 Å². The van der Waals surface area contributed by atoms with E-state index in [9.17, 15) is 4.79 Å². The standard InChI is InChI=1S/C22H27ClN6O2S2/c1-3-29-18(12-31-17-10-9-16(23)11-14(17)2)25-28-22(29)32-13-19(30)24-21-27-26-20(33-21)15-7-5-4-6-8-15/h9-11,15H,3-8,12-13H2,1-2H3,(H,24,27,30). The van der Waals surface area contributed by atoms with E-state index in [0.717, 1.165) is 29.2 Å². The molecule has 0 aliphatic heterocycles. The third-order valence-electron chi connectivity index (χ3n) is 5.58. The second-order valence-corrected chi connectivity index (χ2v) is 10.3. The monoisotopic (exact) mass is 506 g/mol. The molecule has 1 saturated carbocycles. The quantitative estimate of drug-likeness (QED) is 0.384. The maximum atomic E-state index is 12.5. The Labute approximate surface area is 206 Å². The average Bonchev–Trinajstić information content (AvgIpc) is 3.44. The summed E-state index contributed by atoms with van der Waals surface area (Å²) >= 11 is 8.84. The van der Waals surface area contributed by atoms with Crippen LogP contribution >= 0.6 is 34.7 Å². The topological polar surface area (TPSA) is 94.8 Å². The number of amides is 1. The van der Waals surface area contributed by atoms with Gasteiger partial charge in [-0.1, -0.05) is 54.0 Å². The van der Waals surface area contributed by atoms with Crippen LogP contribution in [0.3, 0.4) is 0 Å². The first-order valence-corrected chi connectivity index (χ1v) is 13.3. The van der Waals surface area contributed by atoms with Gasteiger partial charge in [0.15, 0.2) is 11.0 Å². The van der Waals surface area contributed by atoms with Crippen molar-refractivity contribution in [3.05, 3.63) is 39.6 Å². The molecule has 176 valence electrons. The Balaban J connectivity index is 1.30. The summed E-state index contributed by atoms with van der Waals surface area (Å²) in [5, 5.41) is 22.8. The van der Waals surface area contributed by atoms with Gasteiger partial charge in [-0.05, 0) is 50.5 Å². The molecule has 1 fully saturated rings. The Hall–Kier alpha value is -2.17. The van der Waals surface area contributed by atoms with Gasteiger partial charge in [-0.2, -0.15) is 0 Å². The number of nitrogens with one attached hydrogen (secondary N) is 1. The van der Waals surface area contributed by atoms with Crippen LogP contribution in [0, 0.1) is 6.92 Å². The molecular weight excluding hydrogens is 480 g/mol. The van der Waals surface area contributed by atoms with E-state index >= 15 is 0 Å². The first-order valence-electron chi connectivity index (χ1n) is 11.1. The van der Waals surface area contributed by atoms with Gasteiger partial charge >= 0.3 is 0 Å². The van der Waals surface area contributed by atoms with Crippen LogP contribution in [0.1, 0.15) is 61.3 Å². The number of benzene rings is 1. The smallest absolute Gasteiger partial charge is 0.236 e. The van der Waals surface area contributed by atoms with Gasteiger partial charge in [-0.3, -0.25) is 10.1 Å². The predicted octanol–water partition coefficient (Wildman–Crippen LogP) is 5.47. The van der Waals surface area contributed by atoms with Crippen LogP contribution in [0.5, 0.6) is 5.75 Å². The van der Waals surface area contributed by atoms with E-state index in [0.29, 0.717) is 33.6 Å². The maximum Gasteiger partial charge on any atom is 0.236 e. The summed E-state index contributed by atoms with van der Waals surface area (Å²) in [6.45, 7) is 4.92. The summed E-state index contributed by atoms with van der Waals surface area (Å²) in [5.74, 6) is 2.02. The number of carbonyl (C=O) groups excluding carboxylic acids is 1. The van der Waals surface area contributed by atoms with Crippen molar-refractivity contribution in [3.8, 4) is 5.75 Å². The minimum Gasteiger partial charge on any atom is -0.485 e. The van der Waals surface area contributed by atoms with E-state index in [4.69, 9.17) is 16.3 Å². The lowest BCUT2D eigenvalue weighted by molar-refractivity contribution is -0.113. The summed E-state index contributed by atoms with van der Waals surface area (Å²) in [4.78, 5) is 12.5. The van der Waals surface area contributed by atoms with Gasteiger partial charge in [0, 0.05) is 17.5 Å². The molecule has 0 atom stereocenters. The predicted molar refractivity (Wildman–Crippen MR) is 131 cm³/mol. The number of anilines is 1. The fraction of sp³-hybridized carbons (Fsp3) is 0.500. The molecule has 1 aromatic carbocycles. The normalized spacial score (nSPS) is 14.4. The highest BCUT2D eigenvalue weighted by Gasteiger charge is 2.20. The lowest BCUT2D eigenvalue weighted by Gasteiger charge is -2.18. The lowest BCUT2D eigenvalue weighted by Crippen LogP contribution is -2.14. The molecule has 0 bridgehead atoms. The van der Waals surface area contributed by atoms with Crippen LogP contribution < -0.4 is 10.1 Å². The van der Waals surface area contributed by atoms with E-state index in [2.05, 4.69) is 25.7 Å². The highest BCUT2D eigenvalue weighted by atomic mass is 35.5. The van der Waals surface area contributed by atoms with E-state index in [1.54, 1.807) is 6.07 Å². The third kappa shape index (κ3) is 6.24. The number of rotatable bonds is 9. The Bertz CT molecular complexity index is 1100. The zero-order chi connectivity index (χ0) is 23.2. The number of aromatic nitrogens is 5. The molecule has 0 saturated heterocycles. The van der Waals surface area contributed by atoms with Crippen molar-refractivity contribution in [2.45, 2.75) is 70.2 Å². The molecule has 0 spiro atoms. The fourth-order valence-electron chi connectivity index (χ4n) is 3.85.